The van der Waals surface area contributed by atoms with E-state index >= 15 is 0 Å². The average molecular weight is 221 g/mol. The van der Waals surface area contributed by atoms with Gasteiger partial charge in [-0.1, -0.05) is 12.1 Å². The molecule has 2 N–H and O–H groups in total. The van der Waals surface area contributed by atoms with Crippen molar-refractivity contribution in [3.8, 4) is 0 Å². The van der Waals surface area contributed by atoms with Crippen molar-refractivity contribution in [2.24, 2.45) is 0 Å². The van der Waals surface area contributed by atoms with E-state index in [0.29, 0.717) is 0 Å². The summed E-state index contributed by atoms with van der Waals surface area (Å²) in [5.41, 5.74) is 4.74. The molecule has 3 heteroatoms. The Morgan fingerprint density at radius 3 is 2.44 bits per heavy atom. The molecule has 0 aliphatic heterocycles. The molecule has 1 unspecified atom stereocenters. The van der Waals surface area contributed by atoms with Gasteiger partial charge in [0.25, 0.3) is 0 Å². The number of carboxylic acid groups (broad SMARTS) is 1. The van der Waals surface area contributed by atoms with E-state index in [2.05, 4.69) is 19.2 Å². The molecule has 0 aliphatic carbocycles. The van der Waals surface area contributed by atoms with Gasteiger partial charge in [-0.05, 0) is 50.1 Å². The smallest absolute Gasteiger partial charge is 0.305 e. The van der Waals surface area contributed by atoms with Crippen LogP contribution in [0.25, 0.3) is 0 Å². The van der Waals surface area contributed by atoms with Crippen LogP contribution in [0.5, 0.6) is 0 Å². The van der Waals surface area contributed by atoms with Crippen LogP contribution in [0.1, 0.15) is 34.7 Å². The number of hydrogen-bond acceptors (Lipinski definition) is 2. The Balaban J connectivity index is 3.11. The lowest BCUT2D eigenvalue weighted by Crippen LogP contribution is -2.21. The molecule has 0 heterocycles. The molecular weight excluding hydrogens is 202 g/mol. The van der Waals surface area contributed by atoms with Crippen LogP contribution in [-0.4, -0.2) is 18.1 Å². The summed E-state index contributed by atoms with van der Waals surface area (Å²) in [7, 11) is 1.79. The fraction of sp³-hybridized carbons (Fsp3) is 0.462. The first-order valence-corrected chi connectivity index (χ1v) is 5.43. The van der Waals surface area contributed by atoms with E-state index < -0.39 is 5.97 Å². The predicted octanol–water partition coefficient (Wildman–Crippen LogP) is 2.35. The molecule has 1 rings (SSSR count). The minimum Gasteiger partial charge on any atom is -0.481 e. The largest absolute Gasteiger partial charge is 0.481 e. The van der Waals surface area contributed by atoms with Crippen LogP contribution in [0.4, 0.5) is 0 Å². The van der Waals surface area contributed by atoms with E-state index in [1.807, 2.05) is 19.1 Å². The third-order valence-corrected chi connectivity index (χ3v) is 3.20. The van der Waals surface area contributed by atoms with Gasteiger partial charge < -0.3 is 10.4 Å². The monoisotopic (exact) mass is 221 g/mol. The molecule has 1 aromatic rings. The van der Waals surface area contributed by atoms with Crippen LogP contribution >= 0.6 is 0 Å². The van der Waals surface area contributed by atoms with Crippen molar-refractivity contribution in [2.45, 2.75) is 33.2 Å². The minimum absolute atomic E-state index is 0.111. The highest BCUT2D eigenvalue weighted by Crippen LogP contribution is 2.24. The topological polar surface area (TPSA) is 49.3 Å². The molecule has 0 fully saturated rings. The third kappa shape index (κ3) is 2.61. The van der Waals surface area contributed by atoms with Gasteiger partial charge in [0.2, 0.25) is 0 Å². The zero-order valence-electron chi connectivity index (χ0n) is 10.3. The highest BCUT2D eigenvalue weighted by Gasteiger charge is 2.16. The summed E-state index contributed by atoms with van der Waals surface area (Å²) >= 11 is 0. The maximum absolute atomic E-state index is 10.8. The number of aliphatic carboxylic acids is 1. The molecule has 3 nitrogen and oxygen atoms in total. The number of hydrogen-bond donors (Lipinski definition) is 2. The quantitative estimate of drug-likeness (QED) is 0.820. The Morgan fingerprint density at radius 2 is 1.94 bits per heavy atom. The Bertz CT molecular complexity index is 399. The molecule has 0 amide bonds. The highest BCUT2D eigenvalue weighted by atomic mass is 16.4. The first-order valence-electron chi connectivity index (χ1n) is 5.43. The number of nitrogens with one attached hydrogen (secondary N) is 1. The normalized spacial score (nSPS) is 12.5. The lowest BCUT2D eigenvalue weighted by atomic mass is 9.93. The number of carbonyl (C=O) groups is 1. The van der Waals surface area contributed by atoms with Crippen LogP contribution < -0.4 is 5.32 Å². The molecule has 1 atom stereocenters. The van der Waals surface area contributed by atoms with Crippen LogP contribution in [0.15, 0.2) is 12.1 Å². The Hall–Kier alpha value is -1.35. The lowest BCUT2D eigenvalue weighted by molar-refractivity contribution is -0.137. The summed E-state index contributed by atoms with van der Waals surface area (Å²) < 4.78 is 0. The maximum Gasteiger partial charge on any atom is 0.305 e. The summed E-state index contributed by atoms with van der Waals surface area (Å²) in [5, 5.41) is 11.9. The van der Waals surface area contributed by atoms with Gasteiger partial charge in [-0.25, -0.2) is 0 Å². The Morgan fingerprint density at radius 1 is 1.31 bits per heavy atom. The molecule has 1 aromatic carbocycles. The molecule has 88 valence electrons. The maximum atomic E-state index is 10.8. The summed E-state index contributed by atoms with van der Waals surface area (Å²) in [6.45, 7) is 6.18. The molecular formula is C13H19NO2. The van der Waals surface area contributed by atoms with E-state index in [-0.39, 0.29) is 12.5 Å². The van der Waals surface area contributed by atoms with Crippen molar-refractivity contribution in [3.05, 3.63) is 34.4 Å². The van der Waals surface area contributed by atoms with Crippen molar-refractivity contribution in [2.75, 3.05) is 7.05 Å². The zero-order chi connectivity index (χ0) is 12.3. The van der Waals surface area contributed by atoms with Gasteiger partial charge in [0, 0.05) is 6.04 Å². The SMILES string of the molecule is CNC(CC(=O)O)c1ccc(C)c(C)c1C. The van der Waals surface area contributed by atoms with E-state index in [1.165, 1.54) is 16.7 Å². The predicted molar refractivity (Wildman–Crippen MR) is 64.7 cm³/mol. The summed E-state index contributed by atoms with van der Waals surface area (Å²) in [6.07, 6.45) is 0.111. The van der Waals surface area contributed by atoms with Gasteiger partial charge in [-0.3, -0.25) is 4.79 Å². The summed E-state index contributed by atoms with van der Waals surface area (Å²) in [6, 6.07) is 3.95. The van der Waals surface area contributed by atoms with Crippen molar-refractivity contribution in [1.82, 2.24) is 5.32 Å². The Labute approximate surface area is 96.5 Å². The van der Waals surface area contributed by atoms with E-state index in [9.17, 15) is 4.79 Å². The molecule has 0 aromatic heterocycles. The van der Waals surface area contributed by atoms with Crippen LogP contribution in [0.2, 0.25) is 0 Å². The standard InChI is InChI=1S/C13H19NO2/c1-8-5-6-11(10(3)9(8)2)12(14-4)7-13(15)16/h5-6,12,14H,7H2,1-4H3,(H,15,16). The van der Waals surface area contributed by atoms with Crippen LogP contribution in [0.3, 0.4) is 0 Å². The lowest BCUT2D eigenvalue weighted by Gasteiger charge is -2.19. The fourth-order valence-corrected chi connectivity index (χ4v) is 1.90. The van der Waals surface area contributed by atoms with Gasteiger partial charge in [0.15, 0.2) is 0 Å². The number of rotatable bonds is 4. The van der Waals surface area contributed by atoms with Crippen molar-refractivity contribution in [3.63, 3.8) is 0 Å². The van der Waals surface area contributed by atoms with E-state index in [4.69, 9.17) is 5.11 Å². The molecule has 16 heavy (non-hydrogen) atoms. The molecule has 0 saturated heterocycles. The second-order valence-electron chi connectivity index (χ2n) is 4.16. The molecule has 0 radical (unpaired) electrons. The number of benzene rings is 1. The molecule has 0 spiro atoms. The molecule has 0 saturated carbocycles. The van der Waals surface area contributed by atoms with Gasteiger partial charge >= 0.3 is 5.97 Å². The molecule has 0 bridgehead atoms. The van der Waals surface area contributed by atoms with E-state index in [1.54, 1.807) is 7.05 Å². The van der Waals surface area contributed by atoms with Gasteiger partial charge in [0.05, 0.1) is 6.42 Å². The third-order valence-electron chi connectivity index (χ3n) is 3.20. The highest BCUT2D eigenvalue weighted by molar-refractivity contribution is 5.68. The van der Waals surface area contributed by atoms with Crippen molar-refractivity contribution >= 4 is 5.97 Å². The molecule has 0 aliphatic rings. The van der Waals surface area contributed by atoms with Gasteiger partial charge in [-0.2, -0.15) is 0 Å². The second-order valence-corrected chi connectivity index (χ2v) is 4.16. The summed E-state index contributed by atoms with van der Waals surface area (Å²) in [4.78, 5) is 10.8. The number of aryl methyl sites for hydroxylation is 1. The van der Waals surface area contributed by atoms with Crippen LogP contribution in [-0.2, 0) is 4.79 Å². The van der Waals surface area contributed by atoms with Gasteiger partial charge in [-0.15, -0.1) is 0 Å². The Kier molecular flexibility index (Phi) is 4.07. The average Bonchev–Trinajstić information content (AvgIpc) is 2.23. The minimum atomic E-state index is -0.781. The van der Waals surface area contributed by atoms with E-state index in [0.717, 1.165) is 5.56 Å². The van der Waals surface area contributed by atoms with Crippen LogP contribution in [0, 0.1) is 20.8 Å². The van der Waals surface area contributed by atoms with Crippen molar-refractivity contribution < 1.29 is 9.90 Å². The fourth-order valence-electron chi connectivity index (χ4n) is 1.90. The second kappa shape index (κ2) is 5.12. The summed E-state index contributed by atoms with van der Waals surface area (Å²) in [5.74, 6) is -0.781. The number of carboxylic acids is 1. The first-order chi connectivity index (χ1) is 7.47. The first kappa shape index (κ1) is 12.7. The van der Waals surface area contributed by atoms with Crippen molar-refractivity contribution in [1.29, 1.82) is 0 Å². The van der Waals surface area contributed by atoms with Gasteiger partial charge in [0.1, 0.15) is 0 Å². The zero-order valence-corrected chi connectivity index (χ0v) is 10.3.